The molecule has 1 heterocycles. The lowest BCUT2D eigenvalue weighted by Gasteiger charge is -2.31. The molecule has 146 valence electrons. The van der Waals surface area contributed by atoms with Crippen molar-refractivity contribution in [2.45, 2.75) is 84.2 Å². The lowest BCUT2D eigenvalue weighted by Crippen LogP contribution is -2.24. The van der Waals surface area contributed by atoms with Crippen molar-refractivity contribution in [2.75, 3.05) is 6.61 Å². The summed E-state index contributed by atoms with van der Waals surface area (Å²) in [4.78, 5) is 0. The molecule has 1 aliphatic carbocycles. The van der Waals surface area contributed by atoms with Crippen molar-refractivity contribution in [2.24, 2.45) is 17.8 Å². The molecule has 0 N–H and O–H groups in total. The lowest BCUT2D eigenvalue weighted by atomic mass is 9.77. The van der Waals surface area contributed by atoms with Crippen LogP contribution >= 0.6 is 0 Å². The molecule has 0 aromatic heterocycles. The van der Waals surface area contributed by atoms with Gasteiger partial charge in [-0.05, 0) is 74.8 Å². The number of hydrogen-bond donors (Lipinski definition) is 0. The Morgan fingerprint density at radius 1 is 0.846 bits per heavy atom. The molecule has 2 unspecified atom stereocenters. The fraction of sp³-hybridized carbons (Fsp3) is 0.739. The number of halogens is 2. The van der Waals surface area contributed by atoms with Crippen LogP contribution in [-0.4, -0.2) is 12.7 Å². The summed E-state index contributed by atoms with van der Waals surface area (Å²) in [7, 11) is 0. The molecule has 2 fully saturated rings. The highest BCUT2D eigenvalue weighted by molar-refractivity contribution is 5.25. The summed E-state index contributed by atoms with van der Waals surface area (Å²) in [5.74, 6) is 0.992. The summed E-state index contributed by atoms with van der Waals surface area (Å²) in [5.41, 5.74) is 0.936. The minimum atomic E-state index is -0.674. The molecule has 0 bridgehead atoms. The van der Waals surface area contributed by atoms with Gasteiger partial charge in [0.25, 0.3) is 0 Å². The maximum atomic E-state index is 14.0. The van der Waals surface area contributed by atoms with E-state index in [-0.39, 0.29) is 0 Å². The summed E-state index contributed by atoms with van der Waals surface area (Å²) in [6, 6.07) is 3.45. The number of aryl methyl sites for hydroxylation is 2. The van der Waals surface area contributed by atoms with Gasteiger partial charge in [0.05, 0.1) is 6.10 Å². The van der Waals surface area contributed by atoms with Crippen LogP contribution in [0, 0.1) is 36.3 Å². The third-order valence-corrected chi connectivity index (χ3v) is 6.72. The molecule has 0 amide bonds. The van der Waals surface area contributed by atoms with Crippen LogP contribution in [0.25, 0.3) is 0 Å². The molecule has 2 atom stereocenters. The molecule has 1 nitrogen and oxygen atoms in total. The van der Waals surface area contributed by atoms with Gasteiger partial charge in [-0.1, -0.05) is 44.2 Å². The van der Waals surface area contributed by atoms with Crippen molar-refractivity contribution in [3.8, 4) is 0 Å². The zero-order valence-corrected chi connectivity index (χ0v) is 16.4. The standard InChI is InChI=1S/C23H34F2O/c1-16-3-13-21(23(25)22(16)24)14-12-19-8-6-18(7-9-19)10-11-20-5-4-17(2)26-15-20/h3,13,17-20H,4-12,14-15H2,1-2H3. The van der Waals surface area contributed by atoms with Gasteiger partial charge in [0, 0.05) is 6.61 Å². The predicted octanol–water partition coefficient (Wildman–Crippen LogP) is 6.61. The largest absolute Gasteiger partial charge is 0.378 e. The smallest absolute Gasteiger partial charge is 0.162 e. The van der Waals surface area contributed by atoms with Gasteiger partial charge in [-0.2, -0.15) is 0 Å². The molecule has 1 aromatic rings. The van der Waals surface area contributed by atoms with Crippen molar-refractivity contribution in [3.05, 3.63) is 34.9 Å². The second kappa shape index (κ2) is 9.30. The predicted molar refractivity (Wildman–Crippen MR) is 102 cm³/mol. The van der Waals surface area contributed by atoms with Gasteiger partial charge >= 0.3 is 0 Å². The molecule has 2 aliphatic rings. The second-order valence-electron chi connectivity index (χ2n) is 8.76. The Morgan fingerprint density at radius 3 is 2.12 bits per heavy atom. The van der Waals surface area contributed by atoms with Gasteiger partial charge in [-0.15, -0.1) is 0 Å². The molecule has 1 aliphatic heterocycles. The monoisotopic (exact) mass is 364 g/mol. The highest BCUT2D eigenvalue weighted by atomic mass is 19.2. The maximum absolute atomic E-state index is 14.0. The first-order valence-electron chi connectivity index (χ1n) is 10.6. The molecule has 0 radical (unpaired) electrons. The van der Waals surface area contributed by atoms with Crippen molar-refractivity contribution >= 4 is 0 Å². The van der Waals surface area contributed by atoms with Crippen LogP contribution in [0.15, 0.2) is 12.1 Å². The van der Waals surface area contributed by atoms with Gasteiger partial charge < -0.3 is 4.74 Å². The van der Waals surface area contributed by atoms with Crippen LogP contribution in [0.1, 0.15) is 75.8 Å². The fourth-order valence-corrected chi connectivity index (χ4v) is 4.68. The molecule has 1 saturated heterocycles. The molecular weight excluding hydrogens is 330 g/mol. The highest BCUT2D eigenvalue weighted by Crippen LogP contribution is 2.36. The van der Waals surface area contributed by atoms with Gasteiger partial charge in [0.2, 0.25) is 0 Å². The van der Waals surface area contributed by atoms with Crippen LogP contribution in [-0.2, 0) is 11.2 Å². The molecule has 1 aromatic carbocycles. The number of hydrogen-bond acceptors (Lipinski definition) is 1. The Labute approximate surface area is 157 Å². The van der Waals surface area contributed by atoms with Crippen LogP contribution in [0.4, 0.5) is 8.78 Å². The zero-order valence-electron chi connectivity index (χ0n) is 16.4. The third kappa shape index (κ3) is 5.28. The summed E-state index contributed by atoms with van der Waals surface area (Å²) in [6.07, 6.45) is 12.4. The van der Waals surface area contributed by atoms with E-state index in [2.05, 4.69) is 6.92 Å². The molecule has 0 spiro atoms. The molecule has 3 heteroatoms. The van der Waals surface area contributed by atoms with Crippen LogP contribution in [0.3, 0.4) is 0 Å². The van der Waals surface area contributed by atoms with E-state index < -0.39 is 11.6 Å². The Kier molecular flexibility index (Phi) is 7.08. The summed E-state index contributed by atoms with van der Waals surface area (Å²) < 4.78 is 33.5. The van der Waals surface area contributed by atoms with E-state index in [0.29, 0.717) is 29.6 Å². The third-order valence-electron chi connectivity index (χ3n) is 6.72. The number of ether oxygens (including phenoxy) is 1. The molecule has 1 saturated carbocycles. The van der Waals surface area contributed by atoms with Crippen molar-refractivity contribution in [3.63, 3.8) is 0 Å². The van der Waals surface area contributed by atoms with E-state index in [1.807, 2.05) is 0 Å². The fourth-order valence-electron chi connectivity index (χ4n) is 4.68. The van der Waals surface area contributed by atoms with Gasteiger partial charge in [-0.3, -0.25) is 0 Å². The molecule has 26 heavy (non-hydrogen) atoms. The highest BCUT2D eigenvalue weighted by Gasteiger charge is 2.24. The van der Waals surface area contributed by atoms with Crippen molar-refractivity contribution in [1.82, 2.24) is 0 Å². The normalized spacial score (nSPS) is 29.7. The van der Waals surface area contributed by atoms with Gasteiger partial charge in [-0.25, -0.2) is 8.78 Å². The average molecular weight is 365 g/mol. The van der Waals surface area contributed by atoms with E-state index in [9.17, 15) is 8.78 Å². The molecular formula is C23H34F2O. The first-order valence-corrected chi connectivity index (χ1v) is 10.6. The Balaban J connectivity index is 1.36. The average Bonchev–Trinajstić information content (AvgIpc) is 2.66. The Bertz CT molecular complexity index is 570. The SMILES string of the molecule is Cc1ccc(CCC2CCC(CCC3CCC(C)OC3)CC2)c(F)c1F. The first kappa shape index (κ1) is 19.8. The van der Waals surface area contributed by atoms with Gasteiger partial charge in [0.1, 0.15) is 0 Å². The summed E-state index contributed by atoms with van der Waals surface area (Å²) in [5, 5.41) is 0. The maximum Gasteiger partial charge on any atom is 0.162 e. The van der Waals surface area contributed by atoms with Crippen molar-refractivity contribution < 1.29 is 13.5 Å². The quantitative estimate of drug-likeness (QED) is 0.552. The zero-order chi connectivity index (χ0) is 18.5. The number of benzene rings is 1. The van der Waals surface area contributed by atoms with E-state index in [1.165, 1.54) is 51.4 Å². The van der Waals surface area contributed by atoms with Gasteiger partial charge in [0.15, 0.2) is 11.6 Å². The van der Waals surface area contributed by atoms with E-state index in [1.54, 1.807) is 19.1 Å². The lowest BCUT2D eigenvalue weighted by molar-refractivity contribution is -0.00914. The number of rotatable bonds is 6. The van der Waals surface area contributed by atoms with Crippen molar-refractivity contribution in [1.29, 1.82) is 0 Å². The summed E-state index contributed by atoms with van der Waals surface area (Å²) in [6.45, 7) is 4.74. The van der Waals surface area contributed by atoms with Crippen LogP contribution in [0.5, 0.6) is 0 Å². The molecule has 3 rings (SSSR count). The minimum Gasteiger partial charge on any atom is -0.378 e. The van der Waals surface area contributed by atoms with Crippen LogP contribution < -0.4 is 0 Å². The first-order chi connectivity index (χ1) is 12.5. The topological polar surface area (TPSA) is 9.23 Å². The summed E-state index contributed by atoms with van der Waals surface area (Å²) >= 11 is 0. The van der Waals surface area contributed by atoms with Crippen LogP contribution in [0.2, 0.25) is 0 Å². The second-order valence-corrected chi connectivity index (χ2v) is 8.76. The Morgan fingerprint density at radius 2 is 1.46 bits per heavy atom. The van der Waals surface area contributed by atoms with E-state index >= 15 is 0 Å². The Hall–Kier alpha value is -0.960. The van der Waals surface area contributed by atoms with E-state index in [4.69, 9.17) is 4.74 Å². The van der Waals surface area contributed by atoms with E-state index in [0.717, 1.165) is 24.9 Å². The minimum absolute atomic E-state index is 0.393.